The quantitative estimate of drug-likeness (QED) is 0.458. The second kappa shape index (κ2) is 7.99. The van der Waals surface area contributed by atoms with E-state index >= 15 is 0 Å². The fourth-order valence-electron chi connectivity index (χ4n) is 3.00. The van der Waals surface area contributed by atoms with Crippen molar-refractivity contribution in [3.05, 3.63) is 86.7 Å². The fraction of sp³-hybridized carbons (Fsp3) is 0.143. The van der Waals surface area contributed by atoms with Gasteiger partial charge in [0, 0.05) is 27.5 Å². The molecule has 27 heavy (non-hydrogen) atoms. The molecule has 0 fully saturated rings. The zero-order valence-electron chi connectivity index (χ0n) is 15.3. The zero-order chi connectivity index (χ0) is 19.6. The Hall–Kier alpha value is -2.56. The van der Waals surface area contributed by atoms with Gasteiger partial charge in [-0.1, -0.05) is 41.4 Å². The molecule has 0 saturated heterocycles. The smallest absolute Gasteiger partial charge is 0.271 e. The third kappa shape index (κ3) is 4.07. The van der Waals surface area contributed by atoms with E-state index in [0.717, 1.165) is 28.2 Å². The third-order valence-electron chi connectivity index (χ3n) is 4.38. The molecule has 1 heterocycles. The molecular weight excluding hydrogens is 381 g/mol. The second-order valence-corrected chi connectivity index (χ2v) is 7.12. The number of aromatic nitrogens is 1. The van der Waals surface area contributed by atoms with Crippen LogP contribution in [0.15, 0.2) is 53.6 Å². The number of carbonyl (C=O) groups excluding carboxylic acids is 1. The van der Waals surface area contributed by atoms with Crippen LogP contribution in [0.3, 0.4) is 0 Å². The van der Waals surface area contributed by atoms with E-state index in [4.69, 9.17) is 23.2 Å². The molecule has 2 aromatic carbocycles. The molecule has 6 heteroatoms. The van der Waals surface area contributed by atoms with Crippen LogP contribution >= 0.6 is 23.2 Å². The number of halogens is 2. The number of benzene rings is 2. The number of aryl methyl sites for hydroxylation is 2. The van der Waals surface area contributed by atoms with Crippen molar-refractivity contribution in [1.29, 1.82) is 0 Å². The minimum atomic E-state index is -0.237. The summed E-state index contributed by atoms with van der Waals surface area (Å²) in [5, 5.41) is 5.27. The van der Waals surface area contributed by atoms with Gasteiger partial charge in [0.1, 0.15) is 0 Å². The highest BCUT2D eigenvalue weighted by molar-refractivity contribution is 6.35. The van der Waals surface area contributed by atoms with Gasteiger partial charge in [0.15, 0.2) is 0 Å². The summed E-state index contributed by atoms with van der Waals surface area (Å²) in [6.45, 7) is 5.85. The van der Waals surface area contributed by atoms with Crippen LogP contribution in [0.2, 0.25) is 10.0 Å². The van der Waals surface area contributed by atoms with Crippen LogP contribution in [0.25, 0.3) is 5.69 Å². The first kappa shape index (κ1) is 19.2. The summed E-state index contributed by atoms with van der Waals surface area (Å²) in [6, 6.07) is 14.8. The normalized spacial score (nSPS) is 11.1. The minimum absolute atomic E-state index is 0.237. The Balaban J connectivity index is 1.83. The fourth-order valence-corrected chi connectivity index (χ4v) is 3.49. The van der Waals surface area contributed by atoms with E-state index in [1.807, 2.05) is 55.7 Å². The Morgan fingerprint density at radius 2 is 1.81 bits per heavy atom. The predicted molar refractivity (Wildman–Crippen MR) is 112 cm³/mol. The van der Waals surface area contributed by atoms with Crippen molar-refractivity contribution in [2.75, 3.05) is 0 Å². The highest BCUT2D eigenvalue weighted by Crippen LogP contribution is 2.28. The molecule has 1 amide bonds. The van der Waals surface area contributed by atoms with E-state index in [1.54, 1.807) is 24.4 Å². The van der Waals surface area contributed by atoms with Gasteiger partial charge in [-0.15, -0.1) is 0 Å². The molecule has 0 bridgehead atoms. The van der Waals surface area contributed by atoms with Gasteiger partial charge in [-0.2, -0.15) is 5.10 Å². The molecule has 1 N–H and O–H groups in total. The van der Waals surface area contributed by atoms with Crippen LogP contribution in [0.5, 0.6) is 0 Å². The van der Waals surface area contributed by atoms with Crippen LogP contribution in [0.4, 0.5) is 0 Å². The summed E-state index contributed by atoms with van der Waals surface area (Å²) >= 11 is 12.3. The number of carbonyl (C=O) groups is 1. The Kier molecular flexibility index (Phi) is 5.68. The molecule has 0 aliphatic carbocycles. The van der Waals surface area contributed by atoms with E-state index in [2.05, 4.69) is 10.5 Å². The molecule has 3 rings (SSSR count). The first-order chi connectivity index (χ1) is 12.9. The van der Waals surface area contributed by atoms with Crippen LogP contribution in [0, 0.1) is 20.8 Å². The maximum absolute atomic E-state index is 12.3. The summed E-state index contributed by atoms with van der Waals surface area (Å²) in [6.07, 6.45) is 1.64. The molecule has 0 spiro atoms. The van der Waals surface area contributed by atoms with E-state index in [9.17, 15) is 4.79 Å². The van der Waals surface area contributed by atoms with Crippen molar-refractivity contribution in [3.8, 4) is 5.69 Å². The Labute approximate surface area is 168 Å². The van der Waals surface area contributed by atoms with Crippen LogP contribution in [0.1, 0.15) is 32.9 Å². The Morgan fingerprint density at radius 1 is 1.07 bits per heavy atom. The molecule has 0 radical (unpaired) electrons. The highest BCUT2D eigenvalue weighted by atomic mass is 35.5. The first-order valence-corrected chi connectivity index (χ1v) is 9.17. The molecule has 0 aliphatic rings. The zero-order valence-corrected chi connectivity index (χ0v) is 16.8. The average Bonchev–Trinajstić information content (AvgIpc) is 2.89. The summed E-state index contributed by atoms with van der Waals surface area (Å²) in [5.41, 5.74) is 7.79. The van der Waals surface area contributed by atoms with E-state index < -0.39 is 0 Å². The Bertz CT molecular complexity index is 1040. The van der Waals surface area contributed by atoms with Gasteiger partial charge in [-0.25, -0.2) is 5.43 Å². The average molecular weight is 400 g/mol. The van der Waals surface area contributed by atoms with Crippen LogP contribution < -0.4 is 5.43 Å². The van der Waals surface area contributed by atoms with Gasteiger partial charge in [0.05, 0.1) is 16.9 Å². The molecule has 0 unspecified atom stereocenters. The monoisotopic (exact) mass is 399 g/mol. The molecule has 1 aromatic heterocycles. The second-order valence-electron chi connectivity index (χ2n) is 6.27. The van der Waals surface area contributed by atoms with Gasteiger partial charge in [-0.3, -0.25) is 4.79 Å². The highest BCUT2D eigenvalue weighted by Gasteiger charge is 2.13. The number of amides is 1. The van der Waals surface area contributed by atoms with Crippen molar-refractivity contribution < 1.29 is 4.79 Å². The van der Waals surface area contributed by atoms with Crippen molar-refractivity contribution in [3.63, 3.8) is 0 Å². The van der Waals surface area contributed by atoms with E-state index in [0.29, 0.717) is 15.6 Å². The molecule has 0 aliphatic heterocycles. The molecule has 3 aromatic rings. The molecule has 0 saturated carbocycles. The lowest BCUT2D eigenvalue weighted by molar-refractivity contribution is 0.0954. The van der Waals surface area contributed by atoms with Crippen molar-refractivity contribution in [2.45, 2.75) is 20.8 Å². The van der Waals surface area contributed by atoms with Crippen molar-refractivity contribution >= 4 is 35.3 Å². The number of nitrogens with zero attached hydrogens (tertiary/aromatic N) is 2. The van der Waals surface area contributed by atoms with Gasteiger partial charge < -0.3 is 4.57 Å². The molecular formula is C21H19Cl2N3O. The maximum atomic E-state index is 12.3. The SMILES string of the molecule is Cc1ccccc1C(=O)N/N=C/c1cc(C)n(-c2ccc(Cl)cc2Cl)c1C. The third-order valence-corrected chi connectivity index (χ3v) is 4.92. The number of nitrogens with one attached hydrogen (secondary N) is 1. The van der Waals surface area contributed by atoms with Crippen molar-refractivity contribution in [1.82, 2.24) is 9.99 Å². The summed E-state index contributed by atoms with van der Waals surface area (Å²) < 4.78 is 2.03. The largest absolute Gasteiger partial charge is 0.316 e. The van der Waals surface area contributed by atoms with Gasteiger partial charge >= 0.3 is 0 Å². The van der Waals surface area contributed by atoms with E-state index in [-0.39, 0.29) is 5.91 Å². The van der Waals surface area contributed by atoms with Gasteiger partial charge in [0.2, 0.25) is 0 Å². The molecule has 138 valence electrons. The van der Waals surface area contributed by atoms with Gasteiger partial charge in [0.25, 0.3) is 5.91 Å². The van der Waals surface area contributed by atoms with Crippen LogP contribution in [-0.2, 0) is 0 Å². The van der Waals surface area contributed by atoms with Crippen molar-refractivity contribution in [2.24, 2.45) is 5.10 Å². The minimum Gasteiger partial charge on any atom is -0.316 e. The summed E-state index contributed by atoms with van der Waals surface area (Å²) in [5.74, 6) is -0.237. The molecule has 0 atom stereocenters. The number of hydrogen-bond donors (Lipinski definition) is 1. The number of hydrogen-bond acceptors (Lipinski definition) is 2. The van der Waals surface area contributed by atoms with E-state index in [1.165, 1.54) is 0 Å². The molecule has 4 nitrogen and oxygen atoms in total. The lowest BCUT2D eigenvalue weighted by Gasteiger charge is -2.11. The predicted octanol–water partition coefficient (Wildman–Crippen LogP) is 5.47. The lowest BCUT2D eigenvalue weighted by Crippen LogP contribution is -2.18. The number of hydrazone groups is 1. The Morgan fingerprint density at radius 3 is 2.52 bits per heavy atom. The topological polar surface area (TPSA) is 46.4 Å². The van der Waals surface area contributed by atoms with Gasteiger partial charge in [-0.05, 0) is 56.7 Å². The lowest BCUT2D eigenvalue weighted by atomic mass is 10.1. The maximum Gasteiger partial charge on any atom is 0.271 e. The summed E-state index contributed by atoms with van der Waals surface area (Å²) in [4.78, 5) is 12.3. The van der Waals surface area contributed by atoms with Crippen LogP contribution in [-0.4, -0.2) is 16.7 Å². The summed E-state index contributed by atoms with van der Waals surface area (Å²) in [7, 11) is 0. The number of rotatable bonds is 4. The first-order valence-electron chi connectivity index (χ1n) is 8.42. The standard InChI is InChI=1S/C21H19Cl2N3O/c1-13-6-4-5-7-18(13)21(27)25-24-12-16-10-14(2)26(15(16)3)20-9-8-17(22)11-19(20)23/h4-12H,1-3H3,(H,25,27)/b24-12+.